The Hall–Kier alpha value is -1.81. The summed E-state index contributed by atoms with van der Waals surface area (Å²) in [6, 6.07) is 6.26. The van der Waals surface area contributed by atoms with Gasteiger partial charge in [0.05, 0.1) is 18.3 Å². The highest BCUT2D eigenvalue weighted by molar-refractivity contribution is 5.79. The summed E-state index contributed by atoms with van der Waals surface area (Å²) in [4.78, 5) is 0. The first-order valence-electron chi connectivity index (χ1n) is 6.13. The first-order valence-corrected chi connectivity index (χ1v) is 6.13. The van der Waals surface area contributed by atoms with E-state index in [9.17, 15) is 0 Å². The Morgan fingerprint density at radius 3 is 3.11 bits per heavy atom. The molecule has 0 aliphatic rings. The molecule has 2 rings (SSSR count). The number of benzene rings is 1. The van der Waals surface area contributed by atoms with E-state index in [1.807, 2.05) is 17.9 Å². The summed E-state index contributed by atoms with van der Waals surface area (Å²) in [7, 11) is 1.94. The van der Waals surface area contributed by atoms with E-state index >= 15 is 0 Å². The van der Waals surface area contributed by atoms with Gasteiger partial charge in [0, 0.05) is 12.4 Å². The van der Waals surface area contributed by atoms with Crippen molar-refractivity contribution in [2.75, 3.05) is 0 Å². The molecular weight excluding hydrogens is 226 g/mol. The van der Waals surface area contributed by atoms with E-state index in [0.717, 1.165) is 22.9 Å². The third-order valence-electron chi connectivity index (χ3n) is 2.94. The molecule has 0 radical (unpaired) electrons. The van der Waals surface area contributed by atoms with Gasteiger partial charge in [-0.1, -0.05) is 19.6 Å². The number of nitrogens with one attached hydrogen (secondary N) is 1. The predicted octanol–water partition coefficient (Wildman–Crippen LogP) is 2.56. The molecule has 0 amide bonds. The van der Waals surface area contributed by atoms with Gasteiger partial charge in [-0.15, -0.1) is 0 Å². The number of fused-ring (bicyclic) bond motifs is 1. The molecule has 0 spiro atoms. The molecule has 0 bridgehead atoms. The monoisotopic (exact) mass is 245 g/mol. The van der Waals surface area contributed by atoms with Gasteiger partial charge in [0.15, 0.2) is 0 Å². The lowest BCUT2D eigenvalue weighted by Gasteiger charge is -2.16. The summed E-state index contributed by atoms with van der Waals surface area (Å²) in [5.41, 5.74) is 2.29. The van der Waals surface area contributed by atoms with Crippen LogP contribution in [0.15, 0.2) is 37.2 Å². The number of aryl methyl sites for hydroxylation is 1. The summed E-state index contributed by atoms with van der Waals surface area (Å²) >= 11 is 0. The van der Waals surface area contributed by atoms with E-state index < -0.39 is 0 Å². The number of nitrogens with zero attached hydrogens (tertiary/aromatic N) is 2. The lowest BCUT2D eigenvalue weighted by Crippen LogP contribution is -2.26. The van der Waals surface area contributed by atoms with Gasteiger partial charge in [0.2, 0.25) is 0 Å². The fraction of sp³-hybridized carbons (Fsp3) is 0.357. The smallest absolute Gasteiger partial charge is 0.127 e. The van der Waals surface area contributed by atoms with Crippen molar-refractivity contribution in [3.8, 4) is 0 Å². The van der Waals surface area contributed by atoms with Crippen LogP contribution in [-0.4, -0.2) is 16.0 Å². The van der Waals surface area contributed by atoms with Crippen molar-refractivity contribution in [2.24, 2.45) is 7.05 Å². The van der Waals surface area contributed by atoms with Crippen molar-refractivity contribution in [3.63, 3.8) is 0 Å². The average Bonchev–Trinajstić information content (AvgIpc) is 2.76. The fourth-order valence-corrected chi connectivity index (χ4v) is 1.91. The molecule has 2 aromatic rings. The van der Waals surface area contributed by atoms with Crippen LogP contribution >= 0.6 is 0 Å². The highest BCUT2D eigenvalue weighted by Gasteiger charge is 2.05. The first kappa shape index (κ1) is 12.6. The molecule has 0 saturated heterocycles. The minimum absolute atomic E-state index is 0.0205. The van der Waals surface area contributed by atoms with Crippen LogP contribution < -0.4 is 5.32 Å². The first-order chi connectivity index (χ1) is 8.74. The molecule has 1 aromatic carbocycles. The van der Waals surface area contributed by atoms with Crippen LogP contribution in [-0.2, 0) is 18.4 Å². The van der Waals surface area contributed by atoms with Gasteiger partial charge < -0.3 is 10.1 Å². The van der Waals surface area contributed by atoms with Crippen LogP contribution in [0.25, 0.3) is 10.9 Å². The Labute approximate surface area is 107 Å². The summed E-state index contributed by atoms with van der Waals surface area (Å²) in [6.07, 6.45) is 4.46. The maximum absolute atomic E-state index is 5.76. The number of hydrogen-bond donors (Lipinski definition) is 1. The zero-order valence-electron chi connectivity index (χ0n) is 10.9. The molecule has 0 aliphatic carbocycles. The zero-order chi connectivity index (χ0) is 13.0. The highest BCUT2D eigenvalue weighted by Crippen LogP contribution is 2.16. The van der Waals surface area contributed by atoms with Crippen LogP contribution in [0, 0.1) is 0 Å². The molecule has 0 saturated carbocycles. The molecule has 4 nitrogen and oxygen atoms in total. The molecular formula is C14H19N3O. The SMILES string of the molecule is C=CNC(CC)OCc1ccc2c(cnn2C)c1. The Kier molecular flexibility index (Phi) is 3.99. The predicted molar refractivity (Wildman–Crippen MR) is 72.9 cm³/mol. The number of rotatable bonds is 6. The minimum Gasteiger partial charge on any atom is -0.367 e. The summed E-state index contributed by atoms with van der Waals surface area (Å²) in [5.74, 6) is 0. The lowest BCUT2D eigenvalue weighted by atomic mass is 10.2. The van der Waals surface area contributed by atoms with Crippen LogP contribution in [0.2, 0.25) is 0 Å². The lowest BCUT2D eigenvalue weighted by molar-refractivity contribution is 0.0246. The van der Waals surface area contributed by atoms with E-state index in [4.69, 9.17) is 4.74 Å². The number of aromatic nitrogens is 2. The zero-order valence-corrected chi connectivity index (χ0v) is 10.9. The highest BCUT2D eigenvalue weighted by atomic mass is 16.5. The van der Waals surface area contributed by atoms with Crippen LogP contribution in [0.3, 0.4) is 0 Å². The second kappa shape index (κ2) is 5.69. The molecule has 1 aromatic heterocycles. The molecule has 18 heavy (non-hydrogen) atoms. The number of hydrogen-bond acceptors (Lipinski definition) is 3. The molecule has 1 N–H and O–H groups in total. The van der Waals surface area contributed by atoms with Crippen LogP contribution in [0.1, 0.15) is 18.9 Å². The molecule has 4 heteroatoms. The maximum atomic E-state index is 5.76. The second-order valence-corrected chi connectivity index (χ2v) is 4.24. The molecule has 1 atom stereocenters. The van der Waals surface area contributed by atoms with Crippen molar-refractivity contribution >= 4 is 10.9 Å². The van der Waals surface area contributed by atoms with E-state index in [1.54, 1.807) is 6.20 Å². The van der Waals surface area contributed by atoms with Crippen LogP contribution in [0.5, 0.6) is 0 Å². The standard InChI is InChI=1S/C14H19N3O/c1-4-14(15-5-2)18-10-11-6-7-13-12(8-11)9-16-17(13)3/h5-9,14-15H,2,4,10H2,1,3H3. The van der Waals surface area contributed by atoms with Gasteiger partial charge in [0.1, 0.15) is 6.23 Å². The van der Waals surface area contributed by atoms with E-state index in [-0.39, 0.29) is 6.23 Å². The minimum atomic E-state index is 0.0205. The Morgan fingerprint density at radius 1 is 1.56 bits per heavy atom. The topological polar surface area (TPSA) is 39.1 Å². The van der Waals surface area contributed by atoms with Gasteiger partial charge in [-0.05, 0) is 30.3 Å². The molecule has 96 valence electrons. The van der Waals surface area contributed by atoms with Crippen molar-refractivity contribution in [2.45, 2.75) is 26.2 Å². The number of ether oxygens (including phenoxy) is 1. The van der Waals surface area contributed by atoms with Crippen molar-refractivity contribution in [1.82, 2.24) is 15.1 Å². The molecule has 1 unspecified atom stereocenters. The third-order valence-corrected chi connectivity index (χ3v) is 2.94. The largest absolute Gasteiger partial charge is 0.367 e. The molecule has 0 fully saturated rings. The van der Waals surface area contributed by atoms with Gasteiger partial charge in [-0.2, -0.15) is 5.10 Å². The van der Waals surface area contributed by atoms with E-state index in [1.165, 1.54) is 0 Å². The normalized spacial score (nSPS) is 12.6. The average molecular weight is 245 g/mol. The van der Waals surface area contributed by atoms with Gasteiger partial charge in [0.25, 0.3) is 0 Å². The molecule has 1 heterocycles. The van der Waals surface area contributed by atoms with Gasteiger partial charge in [-0.25, -0.2) is 0 Å². The third kappa shape index (κ3) is 2.71. The van der Waals surface area contributed by atoms with E-state index in [0.29, 0.717) is 6.61 Å². The van der Waals surface area contributed by atoms with Crippen molar-refractivity contribution < 1.29 is 4.74 Å². The van der Waals surface area contributed by atoms with E-state index in [2.05, 4.69) is 42.1 Å². The Bertz CT molecular complexity index is 533. The quantitative estimate of drug-likeness (QED) is 0.795. The van der Waals surface area contributed by atoms with Crippen molar-refractivity contribution in [3.05, 3.63) is 42.7 Å². The summed E-state index contributed by atoms with van der Waals surface area (Å²) in [5, 5.41) is 8.44. The Morgan fingerprint density at radius 2 is 2.39 bits per heavy atom. The fourth-order valence-electron chi connectivity index (χ4n) is 1.91. The Balaban J connectivity index is 2.05. The van der Waals surface area contributed by atoms with Gasteiger partial charge in [-0.3, -0.25) is 4.68 Å². The summed E-state index contributed by atoms with van der Waals surface area (Å²) in [6.45, 7) is 6.31. The second-order valence-electron chi connectivity index (χ2n) is 4.24. The molecule has 0 aliphatic heterocycles. The maximum Gasteiger partial charge on any atom is 0.127 e. The van der Waals surface area contributed by atoms with Crippen molar-refractivity contribution in [1.29, 1.82) is 0 Å². The van der Waals surface area contributed by atoms with Crippen LogP contribution in [0.4, 0.5) is 0 Å². The summed E-state index contributed by atoms with van der Waals surface area (Å²) < 4.78 is 7.63. The van der Waals surface area contributed by atoms with Gasteiger partial charge >= 0.3 is 0 Å².